The Morgan fingerprint density at radius 1 is 1.39 bits per heavy atom. The summed E-state index contributed by atoms with van der Waals surface area (Å²) in [6, 6.07) is 1.56. The van der Waals surface area contributed by atoms with Gasteiger partial charge in [0.2, 0.25) is 5.78 Å². The fourth-order valence-electron chi connectivity index (χ4n) is 2.14. The number of oxime groups is 1. The third-order valence-corrected chi connectivity index (χ3v) is 4.07. The third kappa shape index (κ3) is 4.16. The van der Waals surface area contributed by atoms with Crippen molar-refractivity contribution in [2.24, 2.45) is 17.0 Å². The second-order valence-corrected chi connectivity index (χ2v) is 6.17. The van der Waals surface area contributed by atoms with Crippen LogP contribution in [0.4, 0.5) is 0 Å². The van der Waals surface area contributed by atoms with Gasteiger partial charge in [-0.15, -0.1) is 0 Å². The summed E-state index contributed by atoms with van der Waals surface area (Å²) >= 11 is 1.36. The van der Waals surface area contributed by atoms with Gasteiger partial charge in [-0.2, -0.15) is 0 Å². The van der Waals surface area contributed by atoms with Crippen molar-refractivity contribution in [1.29, 1.82) is 0 Å². The number of carbonyl (C=O) groups is 1. The van der Waals surface area contributed by atoms with Gasteiger partial charge in [-0.3, -0.25) is 4.79 Å². The largest absolute Gasteiger partial charge is 0.410 e. The van der Waals surface area contributed by atoms with Gasteiger partial charge in [-0.1, -0.05) is 61.1 Å². The maximum absolute atomic E-state index is 12.6. The molecule has 1 heterocycles. The highest BCUT2D eigenvalue weighted by atomic mass is 32.2. The van der Waals surface area contributed by atoms with E-state index in [2.05, 4.69) is 29.0 Å². The Hall–Kier alpha value is -2.21. The first-order valence-electron chi connectivity index (χ1n) is 7.27. The smallest absolute Gasteiger partial charge is 0.216 e. The number of ketones is 1. The van der Waals surface area contributed by atoms with Crippen molar-refractivity contribution in [2.45, 2.75) is 19.0 Å². The Morgan fingerprint density at radius 3 is 2.83 bits per heavy atom. The number of Topliss-reactive ketones (excluding diaryl/α,β-unsaturated/α-hetero) is 1. The molecule has 1 N–H and O–H groups in total. The number of nitrogens with zero attached hydrogens (tertiary/aromatic N) is 3. The van der Waals surface area contributed by atoms with E-state index in [4.69, 9.17) is 0 Å². The van der Waals surface area contributed by atoms with Crippen molar-refractivity contribution in [3.8, 4) is 0 Å². The summed E-state index contributed by atoms with van der Waals surface area (Å²) in [7, 11) is 0. The number of thioether (sulfide) groups is 1. The Labute approximate surface area is 139 Å². The number of allylic oxidation sites excluding steroid dienone is 6. The summed E-state index contributed by atoms with van der Waals surface area (Å²) in [5.41, 5.74) is 0.677. The zero-order valence-electron chi connectivity index (χ0n) is 13.3. The minimum absolute atomic E-state index is 0.0880. The van der Waals surface area contributed by atoms with Gasteiger partial charge in [-0.05, 0) is 24.2 Å². The first-order chi connectivity index (χ1) is 11.1. The lowest BCUT2D eigenvalue weighted by atomic mass is 9.95. The van der Waals surface area contributed by atoms with Crippen LogP contribution < -0.4 is 0 Å². The highest BCUT2D eigenvalue weighted by Gasteiger charge is 2.20. The molecule has 1 aliphatic rings. The first kappa shape index (κ1) is 17.1. The molecule has 2 rings (SSSR count). The molecule has 1 aromatic rings. The predicted molar refractivity (Wildman–Crippen MR) is 91.8 cm³/mol. The molecule has 1 atom stereocenters. The summed E-state index contributed by atoms with van der Waals surface area (Å²) in [5.74, 6) is 0.346. The molecular weight excluding hydrogens is 310 g/mol. The van der Waals surface area contributed by atoms with E-state index in [0.717, 1.165) is 0 Å². The van der Waals surface area contributed by atoms with Crippen molar-refractivity contribution in [3.63, 3.8) is 0 Å². The highest BCUT2D eigenvalue weighted by molar-refractivity contribution is 7.98. The summed E-state index contributed by atoms with van der Waals surface area (Å²) in [5, 5.41) is 13.0. The number of hydrogen-bond acceptors (Lipinski definition) is 6. The van der Waals surface area contributed by atoms with Crippen LogP contribution in [-0.4, -0.2) is 32.9 Å². The van der Waals surface area contributed by atoms with Gasteiger partial charge in [0.1, 0.15) is 5.69 Å². The Balaban J connectivity index is 2.29. The van der Waals surface area contributed by atoms with Crippen molar-refractivity contribution in [3.05, 3.63) is 53.9 Å². The molecule has 6 heteroatoms. The number of carbonyl (C=O) groups excluding carboxylic acids is 1. The van der Waals surface area contributed by atoms with E-state index >= 15 is 0 Å². The average Bonchev–Trinajstić information content (AvgIpc) is 2.82. The van der Waals surface area contributed by atoms with E-state index in [9.17, 15) is 10.0 Å². The van der Waals surface area contributed by atoms with Crippen molar-refractivity contribution < 1.29 is 10.0 Å². The van der Waals surface area contributed by atoms with Gasteiger partial charge >= 0.3 is 0 Å². The van der Waals surface area contributed by atoms with Crippen LogP contribution >= 0.6 is 11.8 Å². The molecule has 0 aromatic carbocycles. The third-order valence-electron chi connectivity index (χ3n) is 3.51. The molecule has 0 amide bonds. The molecule has 0 aliphatic heterocycles. The van der Waals surface area contributed by atoms with Crippen molar-refractivity contribution in [1.82, 2.24) is 9.97 Å². The fourth-order valence-corrected chi connectivity index (χ4v) is 2.49. The minimum Gasteiger partial charge on any atom is -0.410 e. The Kier molecular flexibility index (Phi) is 5.87. The molecule has 0 spiro atoms. The van der Waals surface area contributed by atoms with Crippen LogP contribution in [-0.2, 0) is 4.79 Å². The molecule has 5 nitrogen and oxygen atoms in total. The lowest BCUT2D eigenvalue weighted by molar-refractivity contribution is -0.109. The lowest BCUT2D eigenvalue weighted by Gasteiger charge is -2.10. The van der Waals surface area contributed by atoms with Gasteiger partial charge in [0.05, 0.1) is 0 Å². The molecule has 0 saturated carbocycles. The average molecular weight is 329 g/mol. The normalized spacial score (nSPS) is 18.0. The zero-order valence-corrected chi connectivity index (χ0v) is 14.1. The minimum atomic E-state index is -0.372. The molecule has 1 aromatic heterocycles. The van der Waals surface area contributed by atoms with E-state index in [0.29, 0.717) is 22.3 Å². The van der Waals surface area contributed by atoms with Gasteiger partial charge in [0, 0.05) is 11.8 Å². The lowest BCUT2D eigenvalue weighted by Crippen LogP contribution is -2.19. The van der Waals surface area contributed by atoms with Crippen LogP contribution in [0, 0.1) is 11.8 Å². The van der Waals surface area contributed by atoms with E-state index in [-0.39, 0.29) is 17.4 Å². The molecule has 1 unspecified atom stereocenters. The maximum atomic E-state index is 12.6. The number of hydrogen-bond donors (Lipinski definition) is 1. The summed E-state index contributed by atoms with van der Waals surface area (Å²) in [6.45, 7) is 4.25. The molecule has 1 aliphatic carbocycles. The standard InChI is InChI=1S/C17H19N3O2S/c1-11(2)12-5-4-6-13(8-7-12)16(21)15(20-22)14-9-10-18-17(19-14)23-3/h4-12,22H,1-3H3/b20-15+. The summed E-state index contributed by atoms with van der Waals surface area (Å²) in [4.78, 5) is 20.9. The van der Waals surface area contributed by atoms with Crippen LogP contribution in [0.25, 0.3) is 0 Å². The zero-order chi connectivity index (χ0) is 16.8. The Bertz CT molecular complexity index is 706. The van der Waals surface area contributed by atoms with Gasteiger partial charge in [-0.25, -0.2) is 9.97 Å². The van der Waals surface area contributed by atoms with Crippen molar-refractivity contribution in [2.75, 3.05) is 6.26 Å². The van der Waals surface area contributed by atoms with Gasteiger partial charge < -0.3 is 5.21 Å². The second-order valence-electron chi connectivity index (χ2n) is 5.39. The molecule has 0 radical (unpaired) electrons. The molecule has 0 fully saturated rings. The van der Waals surface area contributed by atoms with Crippen LogP contribution in [0.2, 0.25) is 0 Å². The molecule has 23 heavy (non-hydrogen) atoms. The van der Waals surface area contributed by atoms with Crippen molar-refractivity contribution >= 4 is 23.3 Å². The Morgan fingerprint density at radius 2 is 2.17 bits per heavy atom. The van der Waals surface area contributed by atoms with Gasteiger partial charge in [0.25, 0.3) is 0 Å². The second kappa shape index (κ2) is 7.87. The van der Waals surface area contributed by atoms with Crippen LogP contribution in [0.3, 0.4) is 0 Å². The SMILES string of the molecule is CSc1nccc(/C(=N\O)C(=O)C2=CC=CC(C(C)C)C=C2)n1. The quantitative estimate of drug-likeness (QED) is 0.295. The molecule has 0 saturated heterocycles. The highest BCUT2D eigenvalue weighted by Crippen LogP contribution is 2.19. The molecule has 120 valence electrons. The van der Waals surface area contributed by atoms with E-state index in [1.807, 2.05) is 24.5 Å². The number of rotatable bonds is 5. The van der Waals surface area contributed by atoms with Crippen LogP contribution in [0.1, 0.15) is 19.5 Å². The monoisotopic (exact) mass is 329 g/mol. The number of aromatic nitrogens is 2. The predicted octanol–water partition coefficient (Wildman–Crippen LogP) is 3.27. The van der Waals surface area contributed by atoms with E-state index in [1.165, 1.54) is 11.8 Å². The summed E-state index contributed by atoms with van der Waals surface area (Å²) in [6.07, 6.45) is 12.8. The topological polar surface area (TPSA) is 75.4 Å². The fraction of sp³-hybridized carbons (Fsp3) is 0.294. The first-order valence-corrected chi connectivity index (χ1v) is 8.50. The van der Waals surface area contributed by atoms with Crippen LogP contribution in [0.5, 0.6) is 0 Å². The summed E-state index contributed by atoms with van der Waals surface area (Å²) < 4.78 is 0. The van der Waals surface area contributed by atoms with Crippen LogP contribution in [0.15, 0.2) is 58.5 Å². The maximum Gasteiger partial charge on any atom is 0.216 e. The molecular formula is C17H19N3O2S. The molecule has 0 bridgehead atoms. The van der Waals surface area contributed by atoms with E-state index in [1.54, 1.807) is 24.4 Å². The van der Waals surface area contributed by atoms with Gasteiger partial charge in [0.15, 0.2) is 10.9 Å². The van der Waals surface area contributed by atoms with E-state index < -0.39 is 0 Å².